The molecule has 3 N–H and O–H groups in total. The molecule has 104 valence electrons. The number of hydrogen-bond acceptors (Lipinski definition) is 3. The van der Waals surface area contributed by atoms with Crippen molar-refractivity contribution >= 4 is 11.8 Å². The number of rotatable bonds is 5. The molecule has 1 unspecified atom stereocenters. The first-order chi connectivity index (χ1) is 8.82. The second-order valence-corrected chi connectivity index (χ2v) is 4.51. The van der Waals surface area contributed by atoms with Crippen molar-refractivity contribution in [3.8, 4) is 0 Å². The Labute approximate surface area is 111 Å². The molecule has 0 aliphatic carbocycles. The Morgan fingerprint density at radius 1 is 1.42 bits per heavy atom. The molecule has 5 nitrogen and oxygen atoms in total. The summed E-state index contributed by atoms with van der Waals surface area (Å²) in [6, 6.07) is 3.62. The predicted octanol–water partition coefficient (Wildman–Crippen LogP) is 0.491. The number of carbonyl (C=O) groups is 2. The minimum absolute atomic E-state index is 0.0887. The zero-order valence-electron chi connectivity index (χ0n) is 11.2. The molecule has 0 aliphatic heterocycles. The third kappa shape index (κ3) is 4.03. The lowest BCUT2D eigenvalue weighted by atomic mass is 10.1. The number of hydrogen-bond donors (Lipinski definition) is 2. The van der Waals surface area contributed by atoms with Crippen LogP contribution in [0.25, 0.3) is 0 Å². The Kier molecular flexibility index (Phi) is 5.00. The van der Waals surface area contributed by atoms with E-state index < -0.39 is 17.8 Å². The van der Waals surface area contributed by atoms with Crippen LogP contribution in [0.4, 0.5) is 4.39 Å². The van der Waals surface area contributed by atoms with Gasteiger partial charge in [0, 0.05) is 31.8 Å². The average molecular weight is 267 g/mol. The highest BCUT2D eigenvalue weighted by Gasteiger charge is 2.15. The van der Waals surface area contributed by atoms with Gasteiger partial charge < -0.3 is 16.0 Å². The van der Waals surface area contributed by atoms with Crippen LogP contribution in [0.15, 0.2) is 18.2 Å². The van der Waals surface area contributed by atoms with Crippen LogP contribution in [0.5, 0.6) is 0 Å². The summed E-state index contributed by atoms with van der Waals surface area (Å²) in [6.07, 6.45) is 0. The maximum atomic E-state index is 13.7. The van der Waals surface area contributed by atoms with Crippen LogP contribution in [0.2, 0.25) is 0 Å². The monoisotopic (exact) mass is 267 g/mol. The van der Waals surface area contributed by atoms with Gasteiger partial charge in [-0.1, -0.05) is 6.07 Å². The summed E-state index contributed by atoms with van der Waals surface area (Å²) < 4.78 is 13.7. The largest absolute Gasteiger partial charge is 0.366 e. The lowest BCUT2D eigenvalue weighted by Crippen LogP contribution is -2.41. The van der Waals surface area contributed by atoms with E-state index in [9.17, 15) is 14.0 Å². The SMILES string of the molecule is CC(NCc1ccc(C(N)=O)cc1F)C(=O)N(C)C. The Morgan fingerprint density at radius 3 is 2.53 bits per heavy atom. The molecule has 1 atom stereocenters. The average Bonchev–Trinajstić information content (AvgIpc) is 2.35. The molecule has 0 spiro atoms. The number of nitrogens with one attached hydrogen (secondary N) is 1. The molecule has 0 heterocycles. The van der Waals surface area contributed by atoms with Gasteiger partial charge in [-0.3, -0.25) is 9.59 Å². The molecule has 0 aliphatic rings. The maximum Gasteiger partial charge on any atom is 0.248 e. The Hall–Kier alpha value is -1.95. The van der Waals surface area contributed by atoms with Crippen molar-refractivity contribution in [2.24, 2.45) is 5.73 Å². The first-order valence-corrected chi connectivity index (χ1v) is 5.85. The van der Waals surface area contributed by atoms with Crippen LogP contribution in [-0.2, 0) is 11.3 Å². The van der Waals surface area contributed by atoms with Gasteiger partial charge in [0.05, 0.1) is 6.04 Å². The summed E-state index contributed by atoms with van der Waals surface area (Å²) in [7, 11) is 3.31. The Morgan fingerprint density at radius 2 is 2.05 bits per heavy atom. The molecule has 1 aromatic carbocycles. The highest BCUT2D eigenvalue weighted by atomic mass is 19.1. The van der Waals surface area contributed by atoms with E-state index in [-0.39, 0.29) is 18.0 Å². The summed E-state index contributed by atoms with van der Waals surface area (Å²) >= 11 is 0. The molecule has 0 saturated carbocycles. The topological polar surface area (TPSA) is 75.4 Å². The second-order valence-electron chi connectivity index (χ2n) is 4.51. The normalized spacial score (nSPS) is 12.0. The van der Waals surface area contributed by atoms with Gasteiger partial charge in [-0.2, -0.15) is 0 Å². The van der Waals surface area contributed by atoms with E-state index in [4.69, 9.17) is 5.73 Å². The number of carbonyl (C=O) groups excluding carboxylic acids is 2. The summed E-state index contributed by atoms with van der Waals surface area (Å²) in [6.45, 7) is 1.91. The van der Waals surface area contributed by atoms with Gasteiger partial charge in [0.2, 0.25) is 11.8 Å². The van der Waals surface area contributed by atoms with E-state index in [2.05, 4.69) is 5.32 Å². The quantitative estimate of drug-likeness (QED) is 0.815. The van der Waals surface area contributed by atoms with E-state index in [1.807, 2.05) is 0 Å². The van der Waals surface area contributed by atoms with E-state index in [0.29, 0.717) is 5.56 Å². The third-order valence-electron chi connectivity index (χ3n) is 2.75. The van der Waals surface area contributed by atoms with Crippen molar-refractivity contribution in [3.63, 3.8) is 0 Å². The van der Waals surface area contributed by atoms with E-state index in [1.54, 1.807) is 21.0 Å². The van der Waals surface area contributed by atoms with Crippen molar-refractivity contribution in [2.75, 3.05) is 14.1 Å². The zero-order chi connectivity index (χ0) is 14.6. The third-order valence-corrected chi connectivity index (χ3v) is 2.75. The zero-order valence-corrected chi connectivity index (χ0v) is 11.2. The van der Waals surface area contributed by atoms with Crippen LogP contribution < -0.4 is 11.1 Å². The summed E-state index contributed by atoms with van der Waals surface area (Å²) in [5.74, 6) is -1.28. The van der Waals surface area contributed by atoms with E-state index in [1.165, 1.54) is 17.0 Å². The first kappa shape index (κ1) is 15.1. The van der Waals surface area contributed by atoms with Gasteiger partial charge in [-0.15, -0.1) is 0 Å². The number of nitrogens with zero attached hydrogens (tertiary/aromatic N) is 1. The van der Waals surface area contributed by atoms with Gasteiger partial charge in [-0.05, 0) is 19.1 Å². The molecule has 0 fully saturated rings. The molecule has 19 heavy (non-hydrogen) atoms. The van der Waals surface area contributed by atoms with E-state index in [0.717, 1.165) is 6.07 Å². The first-order valence-electron chi connectivity index (χ1n) is 5.85. The van der Waals surface area contributed by atoms with Crippen LogP contribution >= 0.6 is 0 Å². The summed E-state index contributed by atoms with van der Waals surface area (Å²) in [4.78, 5) is 23.9. The number of halogens is 1. The van der Waals surface area contributed by atoms with Crippen molar-refractivity contribution in [1.82, 2.24) is 10.2 Å². The summed E-state index contributed by atoms with van der Waals surface area (Å²) in [5, 5.41) is 2.92. The predicted molar refractivity (Wildman–Crippen MR) is 69.9 cm³/mol. The Balaban J connectivity index is 2.68. The Bertz CT molecular complexity index is 489. The lowest BCUT2D eigenvalue weighted by Gasteiger charge is -2.18. The van der Waals surface area contributed by atoms with Crippen molar-refractivity contribution in [3.05, 3.63) is 35.1 Å². The minimum Gasteiger partial charge on any atom is -0.366 e. The molecule has 6 heteroatoms. The standard InChI is InChI=1S/C13H18FN3O2/c1-8(13(19)17(2)3)16-7-10-5-4-9(12(15)18)6-11(10)14/h4-6,8,16H,7H2,1-3H3,(H2,15,18). The van der Waals surface area contributed by atoms with Crippen LogP contribution in [-0.4, -0.2) is 36.9 Å². The molecule has 1 aromatic rings. The van der Waals surface area contributed by atoms with Gasteiger partial charge in [0.25, 0.3) is 0 Å². The minimum atomic E-state index is -0.672. The van der Waals surface area contributed by atoms with Gasteiger partial charge in [0.1, 0.15) is 5.82 Å². The molecular formula is C13H18FN3O2. The van der Waals surface area contributed by atoms with Gasteiger partial charge in [-0.25, -0.2) is 4.39 Å². The van der Waals surface area contributed by atoms with Crippen molar-refractivity contribution < 1.29 is 14.0 Å². The molecule has 0 bridgehead atoms. The van der Waals surface area contributed by atoms with Crippen LogP contribution in [0, 0.1) is 5.82 Å². The van der Waals surface area contributed by atoms with Crippen molar-refractivity contribution in [1.29, 1.82) is 0 Å². The molecular weight excluding hydrogens is 249 g/mol. The number of primary amides is 1. The fourth-order valence-electron chi connectivity index (χ4n) is 1.58. The number of likely N-dealkylation sites (N-methyl/N-ethyl adjacent to an activating group) is 1. The van der Waals surface area contributed by atoms with Gasteiger partial charge in [0.15, 0.2) is 0 Å². The van der Waals surface area contributed by atoms with E-state index >= 15 is 0 Å². The van der Waals surface area contributed by atoms with Crippen LogP contribution in [0.3, 0.4) is 0 Å². The smallest absolute Gasteiger partial charge is 0.248 e. The maximum absolute atomic E-state index is 13.7. The fourth-order valence-corrected chi connectivity index (χ4v) is 1.58. The molecule has 2 amide bonds. The molecule has 1 rings (SSSR count). The van der Waals surface area contributed by atoms with Gasteiger partial charge >= 0.3 is 0 Å². The van der Waals surface area contributed by atoms with Crippen molar-refractivity contribution in [2.45, 2.75) is 19.5 Å². The fraction of sp³-hybridized carbons (Fsp3) is 0.385. The number of amides is 2. The molecule has 0 saturated heterocycles. The van der Waals surface area contributed by atoms with Crippen LogP contribution in [0.1, 0.15) is 22.8 Å². The summed E-state index contributed by atoms with van der Waals surface area (Å²) in [5.41, 5.74) is 5.56. The number of nitrogens with two attached hydrogens (primary N) is 1. The molecule has 0 aromatic heterocycles. The number of benzene rings is 1. The molecule has 0 radical (unpaired) electrons. The second kappa shape index (κ2) is 6.29. The lowest BCUT2D eigenvalue weighted by molar-refractivity contribution is -0.130. The highest BCUT2D eigenvalue weighted by molar-refractivity contribution is 5.92. The highest BCUT2D eigenvalue weighted by Crippen LogP contribution is 2.10.